The summed E-state index contributed by atoms with van der Waals surface area (Å²) < 4.78 is 0.186. The molecule has 0 amide bonds. The normalized spacial score (nSPS) is 18.6. The number of aliphatic imine (C=N–C) groups is 1. The number of hydrogen-bond donors (Lipinski definition) is 3. The van der Waals surface area contributed by atoms with Crippen LogP contribution in [-0.4, -0.2) is 47.8 Å². The summed E-state index contributed by atoms with van der Waals surface area (Å²) >= 11 is 1.82. The lowest BCUT2D eigenvalue weighted by Crippen LogP contribution is -2.51. The van der Waals surface area contributed by atoms with Crippen molar-refractivity contribution in [3.05, 3.63) is 0 Å². The summed E-state index contributed by atoms with van der Waals surface area (Å²) in [6.45, 7) is 5.83. The lowest BCUT2D eigenvalue weighted by Gasteiger charge is -2.37. The summed E-state index contributed by atoms with van der Waals surface area (Å²) in [5, 5.41) is 16.5. The minimum absolute atomic E-state index is 0. The molecule has 0 radical (unpaired) electrons. The number of thioether (sulfide) groups is 1. The van der Waals surface area contributed by atoms with E-state index in [1.165, 1.54) is 0 Å². The Bertz CT molecular complexity index is 263. The lowest BCUT2D eigenvalue weighted by atomic mass is 9.80. The minimum Gasteiger partial charge on any atom is -0.388 e. The highest BCUT2D eigenvalue weighted by atomic mass is 127. The van der Waals surface area contributed by atoms with Crippen LogP contribution in [0.25, 0.3) is 0 Å². The molecule has 0 heterocycles. The van der Waals surface area contributed by atoms with Gasteiger partial charge in [0.05, 0.1) is 5.60 Å². The third-order valence-corrected chi connectivity index (χ3v) is 4.58. The lowest BCUT2D eigenvalue weighted by molar-refractivity contribution is -0.0279. The van der Waals surface area contributed by atoms with Crippen LogP contribution in [0.15, 0.2) is 4.99 Å². The first kappa shape index (κ1) is 18.3. The third kappa shape index (κ3) is 5.97. The largest absolute Gasteiger partial charge is 0.388 e. The van der Waals surface area contributed by atoms with E-state index < -0.39 is 5.60 Å². The number of nitrogens with one attached hydrogen (secondary N) is 2. The van der Waals surface area contributed by atoms with Crippen molar-refractivity contribution in [3.63, 3.8) is 0 Å². The fraction of sp³-hybridized carbons (Fsp3) is 0.917. The molecule has 0 aliphatic heterocycles. The van der Waals surface area contributed by atoms with Crippen LogP contribution >= 0.6 is 35.7 Å². The second kappa shape index (κ2) is 7.79. The summed E-state index contributed by atoms with van der Waals surface area (Å²) in [4.78, 5) is 4.16. The zero-order chi connectivity index (χ0) is 12.9. The zero-order valence-corrected chi connectivity index (χ0v) is 14.9. The van der Waals surface area contributed by atoms with Crippen LogP contribution in [0.3, 0.4) is 0 Å². The monoisotopic (exact) mass is 387 g/mol. The number of aliphatic hydroxyl groups is 1. The van der Waals surface area contributed by atoms with Gasteiger partial charge in [0, 0.05) is 24.9 Å². The zero-order valence-electron chi connectivity index (χ0n) is 11.7. The average Bonchev–Trinajstić information content (AvgIpc) is 2.27. The average molecular weight is 387 g/mol. The first-order valence-electron chi connectivity index (χ1n) is 6.13. The molecule has 0 saturated heterocycles. The highest BCUT2D eigenvalue weighted by Crippen LogP contribution is 2.30. The summed E-state index contributed by atoms with van der Waals surface area (Å²) in [5.74, 6) is 0.771. The molecular formula is C12H26IN3OS. The van der Waals surface area contributed by atoms with E-state index in [0.717, 1.165) is 31.8 Å². The smallest absolute Gasteiger partial charge is 0.191 e. The van der Waals surface area contributed by atoms with E-state index in [4.69, 9.17) is 0 Å². The number of nitrogens with zero attached hydrogens (tertiary/aromatic N) is 1. The SMILES string of the molecule is CN=C(NCC1(O)CCC1)NCC(C)(C)SC.I. The van der Waals surface area contributed by atoms with Gasteiger partial charge in [-0.3, -0.25) is 4.99 Å². The summed E-state index contributed by atoms with van der Waals surface area (Å²) in [6, 6.07) is 0. The number of guanidine groups is 1. The molecule has 1 saturated carbocycles. The molecule has 1 fully saturated rings. The van der Waals surface area contributed by atoms with Crippen LogP contribution in [0, 0.1) is 0 Å². The molecule has 0 bridgehead atoms. The quantitative estimate of drug-likeness (QED) is 0.383. The first-order valence-corrected chi connectivity index (χ1v) is 7.35. The Labute approximate surface area is 132 Å². The van der Waals surface area contributed by atoms with Gasteiger partial charge in [-0.05, 0) is 39.4 Å². The fourth-order valence-corrected chi connectivity index (χ4v) is 1.82. The summed E-state index contributed by atoms with van der Waals surface area (Å²) in [7, 11) is 1.76. The van der Waals surface area contributed by atoms with Crippen molar-refractivity contribution in [2.24, 2.45) is 4.99 Å². The van der Waals surface area contributed by atoms with Gasteiger partial charge >= 0.3 is 0 Å². The van der Waals surface area contributed by atoms with Gasteiger partial charge < -0.3 is 15.7 Å². The van der Waals surface area contributed by atoms with Gasteiger partial charge in [-0.25, -0.2) is 0 Å². The summed E-state index contributed by atoms with van der Waals surface area (Å²) in [6.07, 6.45) is 5.03. The Morgan fingerprint density at radius 2 is 2.00 bits per heavy atom. The maximum atomic E-state index is 9.98. The molecule has 3 N–H and O–H groups in total. The van der Waals surface area contributed by atoms with Crippen molar-refractivity contribution in [3.8, 4) is 0 Å². The Balaban J connectivity index is 0.00000289. The van der Waals surface area contributed by atoms with E-state index >= 15 is 0 Å². The Morgan fingerprint density at radius 3 is 2.39 bits per heavy atom. The molecular weight excluding hydrogens is 361 g/mol. The Kier molecular flexibility index (Phi) is 7.93. The molecule has 0 spiro atoms. The molecule has 0 unspecified atom stereocenters. The van der Waals surface area contributed by atoms with E-state index in [0.29, 0.717) is 6.54 Å². The molecule has 0 atom stereocenters. The van der Waals surface area contributed by atoms with Gasteiger partial charge in [0.1, 0.15) is 0 Å². The molecule has 108 valence electrons. The van der Waals surface area contributed by atoms with Gasteiger partial charge in [0.25, 0.3) is 0 Å². The fourth-order valence-electron chi connectivity index (χ4n) is 1.60. The van der Waals surface area contributed by atoms with Crippen LogP contribution in [-0.2, 0) is 0 Å². The Morgan fingerprint density at radius 1 is 1.39 bits per heavy atom. The molecule has 18 heavy (non-hydrogen) atoms. The van der Waals surface area contributed by atoms with Crippen molar-refractivity contribution in [2.45, 2.75) is 43.5 Å². The standard InChI is InChI=1S/C12H25N3OS.HI/c1-11(2,17-4)8-14-10(13-3)15-9-12(16)6-5-7-12;/h16H,5-9H2,1-4H3,(H2,13,14,15);1H. The maximum Gasteiger partial charge on any atom is 0.191 e. The summed E-state index contributed by atoms with van der Waals surface area (Å²) in [5.41, 5.74) is -0.507. The molecule has 0 aromatic rings. The molecule has 6 heteroatoms. The van der Waals surface area contributed by atoms with Gasteiger partial charge in [-0.15, -0.1) is 24.0 Å². The van der Waals surface area contributed by atoms with Crippen LogP contribution in [0.2, 0.25) is 0 Å². The van der Waals surface area contributed by atoms with Gasteiger partial charge in [-0.2, -0.15) is 11.8 Å². The molecule has 0 aromatic carbocycles. The highest BCUT2D eigenvalue weighted by molar-refractivity contribution is 14.0. The molecule has 0 aromatic heterocycles. The predicted molar refractivity (Wildman–Crippen MR) is 91.2 cm³/mol. The van der Waals surface area contributed by atoms with Crippen molar-refractivity contribution < 1.29 is 5.11 Å². The van der Waals surface area contributed by atoms with Crippen molar-refractivity contribution in [1.82, 2.24) is 10.6 Å². The molecule has 1 rings (SSSR count). The van der Waals surface area contributed by atoms with E-state index in [1.54, 1.807) is 7.05 Å². The Hall–Kier alpha value is 0.310. The first-order chi connectivity index (χ1) is 7.91. The molecule has 1 aliphatic carbocycles. The molecule has 1 aliphatic rings. The van der Waals surface area contributed by atoms with Crippen LogP contribution in [0.5, 0.6) is 0 Å². The second-order valence-electron chi connectivity index (χ2n) is 5.32. The maximum absolute atomic E-state index is 9.98. The molecule has 4 nitrogen and oxygen atoms in total. The van der Waals surface area contributed by atoms with E-state index in [1.807, 2.05) is 11.8 Å². The van der Waals surface area contributed by atoms with Crippen molar-refractivity contribution in [2.75, 3.05) is 26.4 Å². The number of halogens is 1. The third-order valence-electron chi connectivity index (χ3n) is 3.33. The van der Waals surface area contributed by atoms with Gasteiger partial charge in [0.15, 0.2) is 5.96 Å². The van der Waals surface area contributed by atoms with Crippen LogP contribution in [0.4, 0.5) is 0 Å². The highest BCUT2D eigenvalue weighted by Gasteiger charge is 2.34. The van der Waals surface area contributed by atoms with Gasteiger partial charge in [0.2, 0.25) is 0 Å². The van der Waals surface area contributed by atoms with E-state index in [-0.39, 0.29) is 28.7 Å². The van der Waals surface area contributed by atoms with Gasteiger partial charge in [-0.1, -0.05) is 0 Å². The van der Waals surface area contributed by atoms with Crippen LogP contribution < -0.4 is 10.6 Å². The minimum atomic E-state index is -0.507. The number of hydrogen-bond acceptors (Lipinski definition) is 3. The topological polar surface area (TPSA) is 56.7 Å². The van der Waals surface area contributed by atoms with E-state index in [9.17, 15) is 5.11 Å². The van der Waals surface area contributed by atoms with E-state index in [2.05, 4.69) is 35.7 Å². The number of rotatable bonds is 5. The van der Waals surface area contributed by atoms with Crippen molar-refractivity contribution in [1.29, 1.82) is 0 Å². The second-order valence-corrected chi connectivity index (χ2v) is 6.83. The predicted octanol–water partition coefficient (Wildman–Crippen LogP) is 1.83. The van der Waals surface area contributed by atoms with Crippen molar-refractivity contribution >= 4 is 41.7 Å². The van der Waals surface area contributed by atoms with Crippen LogP contribution in [0.1, 0.15) is 33.1 Å².